The van der Waals surface area contributed by atoms with E-state index >= 15 is 0 Å². The average Bonchev–Trinajstić information content (AvgIpc) is 3.11. The lowest BCUT2D eigenvalue weighted by molar-refractivity contribution is -0.148. The molecule has 2 aliphatic carbocycles. The van der Waals surface area contributed by atoms with Gasteiger partial charge in [0.25, 0.3) is 5.56 Å². The molecule has 1 amide bonds. The van der Waals surface area contributed by atoms with E-state index < -0.39 is 41.0 Å². The van der Waals surface area contributed by atoms with E-state index in [2.05, 4.69) is 5.32 Å². The van der Waals surface area contributed by atoms with Crippen LogP contribution in [0.5, 0.6) is 0 Å². The number of halogens is 1. The Hall–Kier alpha value is -2.45. The first kappa shape index (κ1) is 15.4. The second-order valence-electron chi connectivity index (χ2n) is 5.96. The fraction of sp³-hybridized carbons (Fsp3) is 0.571. The van der Waals surface area contributed by atoms with Crippen LogP contribution in [-0.2, 0) is 9.53 Å². The van der Waals surface area contributed by atoms with Crippen molar-refractivity contribution in [3.8, 4) is 0 Å². The molecular formula is C14H16FN3O5. The normalized spacial score (nSPS) is 28.6. The Kier molecular flexibility index (Phi) is 3.78. The van der Waals surface area contributed by atoms with Crippen molar-refractivity contribution in [3.05, 3.63) is 32.9 Å². The molecule has 23 heavy (non-hydrogen) atoms. The van der Waals surface area contributed by atoms with E-state index in [4.69, 9.17) is 4.74 Å². The number of aromatic amines is 1. The van der Waals surface area contributed by atoms with Gasteiger partial charge >= 0.3 is 17.7 Å². The maximum atomic E-state index is 13.3. The van der Waals surface area contributed by atoms with Crippen LogP contribution in [-0.4, -0.2) is 34.7 Å². The summed E-state index contributed by atoms with van der Waals surface area (Å²) in [5, 5.41) is 2.61. The first-order chi connectivity index (χ1) is 10.9. The van der Waals surface area contributed by atoms with Crippen LogP contribution in [0.1, 0.15) is 19.3 Å². The van der Waals surface area contributed by atoms with Crippen LogP contribution < -0.4 is 16.6 Å². The van der Waals surface area contributed by atoms with Gasteiger partial charge in [-0.1, -0.05) is 0 Å². The predicted octanol–water partition coefficient (Wildman–Crippen LogP) is -0.179. The van der Waals surface area contributed by atoms with Crippen LogP contribution in [0.4, 0.5) is 9.18 Å². The van der Waals surface area contributed by atoms with Crippen molar-refractivity contribution in [2.75, 3.05) is 7.11 Å². The van der Waals surface area contributed by atoms with Crippen molar-refractivity contribution in [2.24, 2.45) is 17.8 Å². The summed E-state index contributed by atoms with van der Waals surface area (Å²) in [4.78, 5) is 48.5. The maximum absolute atomic E-state index is 13.3. The summed E-state index contributed by atoms with van der Waals surface area (Å²) in [6.45, 7) is 0. The third-order valence-corrected chi connectivity index (χ3v) is 4.80. The number of H-pyrrole nitrogens is 1. The number of fused-ring (bicyclic) bond motifs is 2. The summed E-state index contributed by atoms with van der Waals surface area (Å²) in [5.41, 5.74) is -2.22. The molecule has 9 heteroatoms. The van der Waals surface area contributed by atoms with Crippen molar-refractivity contribution in [3.63, 3.8) is 0 Å². The Morgan fingerprint density at radius 2 is 2.04 bits per heavy atom. The monoisotopic (exact) mass is 325 g/mol. The lowest BCUT2D eigenvalue weighted by Crippen LogP contribution is -2.50. The zero-order valence-electron chi connectivity index (χ0n) is 12.4. The summed E-state index contributed by atoms with van der Waals surface area (Å²) in [7, 11) is 1.29. The molecule has 2 bridgehead atoms. The number of esters is 1. The number of amides is 1. The Morgan fingerprint density at radius 3 is 2.74 bits per heavy atom. The number of methoxy groups -OCH3 is 1. The van der Waals surface area contributed by atoms with Gasteiger partial charge in [-0.25, -0.2) is 14.2 Å². The Morgan fingerprint density at radius 1 is 1.35 bits per heavy atom. The van der Waals surface area contributed by atoms with Crippen molar-refractivity contribution in [1.82, 2.24) is 14.9 Å². The van der Waals surface area contributed by atoms with Gasteiger partial charge in [0.1, 0.15) is 0 Å². The Labute approximate surface area is 129 Å². The predicted molar refractivity (Wildman–Crippen MR) is 75.3 cm³/mol. The van der Waals surface area contributed by atoms with Gasteiger partial charge in [-0.2, -0.15) is 4.39 Å². The molecule has 1 aromatic rings. The maximum Gasteiger partial charge on any atom is 0.336 e. The summed E-state index contributed by atoms with van der Waals surface area (Å²) in [6.07, 6.45) is 3.11. The highest BCUT2D eigenvalue weighted by Crippen LogP contribution is 2.48. The van der Waals surface area contributed by atoms with Gasteiger partial charge in [0.05, 0.1) is 19.2 Å². The molecule has 4 unspecified atom stereocenters. The molecule has 0 aliphatic heterocycles. The minimum absolute atomic E-state index is 0.122. The number of ether oxygens (including phenoxy) is 1. The van der Waals surface area contributed by atoms with Gasteiger partial charge in [-0.15, -0.1) is 0 Å². The van der Waals surface area contributed by atoms with E-state index in [1.807, 2.05) is 0 Å². The van der Waals surface area contributed by atoms with E-state index in [-0.39, 0.29) is 11.8 Å². The van der Waals surface area contributed by atoms with Crippen LogP contribution in [0.15, 0.2) is 15.8 Å². The first-order valence-electron chi connectivity index (χ1n) is 7.32. The highest BCUT2D eigenvalue weighted by Gasteiger charge is 2.52. The smallest absolute Gasteiger partial charge is 0.336 e. The largest absolute Gasteiger partial charge is 0.469 e. The molecule has 2 aliphatic rings. The minimum Gasteiger partial charge on any atom is -0.469 e. The minimum atomic E-state index is -1.24. The fourth-order valence-corrected chi connectivity index (χ4v) is 3.78. The lowest BCUT2D eigenvalue weighted by Gasteiger charge is -2.29. The molecule has 124 valence electrons. The zero-order chi connectivity index (χ0) is 16.7. The second kappa shape index (κ2) is 5.64. The lowest BCUT2D eigenvalue weighted by atomic mass is 9.84. The number of carbonyl (C=O) groups is 2. The molecule has 0 saturated heterocycles. The first-order valence-corrected chi connectivity index (χ1v) is 7.32. The number of aromatic nitrogens is 2. The second-order valence-corrected chi connectivity index (χ2v) is 5.96. The molecule has 0 aromatic carbocycles. The van der Waals surface area contributed by atoms with Crippen molar-refractivity contribution in [1.29, 1.82) is 0 Å². The third kappa shape index (κ3) is 2.55. The SMILES string of the molecule is COC(=O)C1C2CCC(C2)C1NC(=O)n1cc(F)c(=O)[nH]c1=O. The van der Waals surface area contributed by atoms with Gasteiger partial charge < -0.3 is 10.1 Å². The van der Waals surface area contributed by atoms with Gasteiger partial charge in [-0.3, -0.25) is 14.6 Å². The number of hydrogen-bond donors (Lipinski definition) is 2. The molecule has 0 spiro atoms. The number of hydrogen-bond acceptors (Lipinski definition) is 5. The third-order valence-electron chi connectivity index (χ3n) is 4.80. The van der Waals surface area contributed by atoms with Crippen LogP contribution >= 0.6 is 0 Å². The van der Waals surface area contributed by atoms with E-state index in [0.717, 1.165) is 19.3 Å². The van der Waals surface area contributed by atoms with Crippen molar-refractivity contribution < 1.29 is 18.7 Å². The topological polar surface area (TPSA) is 110 Å². The quantitative estimate of drug-likeness (QED) is 0.733. The molecule has 3 rings (SSSR count). The fourth-order valence-electron chi connectivity index (χ4n) is 3.78. The molecule has 1 heterocycles. The number of nitrogens with zero attached hydrogens (tertiary/aromatic N) is 1. The van der Waals surface area contributed by atoms with Gasteiger partial charge in [-0.05, 0) is 31.1 Å². The molecule has 8 nitrogen and oxygen atoms in total. The molecule has 4 atom stereocenters. The molecule has 2 saturated carbocycles. The molecule has 2 fully saturated rings. The molecule has 2 N–H and O–H groups in total. The summed E-state index contributed by atoms with van der Waals surface area (Å²) in [6, 6.07) is -1.34. The molecular weight excluding hydrogens is 309 g/mol. The highest BCUT2D eigenvalue weighted by atomic mass is 19.1. The van der Waals surface area contributed by atoms with E-state index in [9.17, 15) is 23.6 Å². The molecule has 1 aromatic heterocycles. The standard InChI is InChI=1S/C14H16FN3O5/c1-23-12(20)9-6-2-3-7(4-6)10(9)16-13(21)18-5-8(15)11(19)17-14(18)22/h5-7,9-10H,2-4H2,1H3,(H,16,21)(H,17,19,22). The van der Waals surface area contributed by atoms with Gasteiger partial charge in [0.2, 0.25) is 5.82 Å². The Balaban J connectivity index is 1.85. The summed E-state index contributed by atoms with van der Waals surface area (Å²) in [5.74, 6) is -1.84. The number of carbonyl (C=O) groups excluding carboxylic acids is 2. The Bertz CT molecular complexity index is 770. The summed E-state index contributed by atoms with van der Waals surface area (Å²) < 4.78 is 18.5. The number of nitrogens with one attached hydrogen (secondary N) is 2. The molecule has 0 radical (unpaired) electrons. The number of rotatable bonds is 2. The van der Waals surface area contributed by atoms with E-state index in [1.54, 1.807) is 4.98 Å². The van der Waals surface area contributed by atoms with Gasteiger partial charge in [0, 0.05) is 6.04 Å². The van der Waals surface area contributed by atoms with Crippen molar-refractivity contribution in [2.45, 2.75) is 25.3 Å². The van der Waals surface area contributed by atoms with Crippen LogP contribution in [0, 0.1) is 23.6 Å². The van der Waals surface area contributed by atoms with Crippen LogP contribution in [0.3, 0.4) is 0 Å². The van der Waals surface area contributed by atoms with Crippen LogP contribution in [0.25, 0.3) is 0 Å². The van der Waals surface area contributed by atoms with E-state index in [1.165, 1.54) is 7.11 Å². The van der Waals surface area contributed by atoms with Crippen molar-refractivity contribution >= 4 is 12.0 Å². The van der Waals surface area contributed by atoms with Gasteiger partial charge in [0.15, 0.2) is 0 Å². The zero-order valence-corrected chi connectivity index (χ0v) is 12.4. The average molecular weight is 325 g/mol. The highest BCUT2D eigenvalue weighted by molar-refractivity contribution is 5.79. The van der Waals surface area contributed by atoms with E-state index in [0.29, 0.717) is 10.8 Å². The van der Waals surface area contributed by atoms with Crippen LogP contribution in [0.2, 0.25) is 0 Å². The summed E-state index contributed by atoms with van der Waals surface area (Å²) >= 11 is 0.